The molecule has 0 atom stereocenters. The summed E-state index contributed by atoms with van der Waals surface area (Å²) in [6, 6.07) is 16.7. The zero-order valence-electron chi connectivity index (χ0n) is 15.7. The molecule has 0 unspecified atom stereocenters. The number of hydrogen-bond donors (Lipinski definition) is 2. The van der Waals surface area contributed by atoms with Crippen molar-refractivity contribution in [1.82, 2.24) is 25.2 Å². The quantitative estimate of drug-likeness (QED) is 0.523. The summed E-state index contributed by atoms with van der Waals surface area (Å²) in [5.74, 6) is 1.66. The van der Waals surface area contributed by atoms with Gasteiger partial charge < -0.3 is 10.6 Å². The van der Waals surface area contributed by atoms with Gasteiger partial charge in [0.1, 0.15) is 6.54 Å². The maximum atomic E-state index is 4.73. The standard InChI is InChI=1S/C21H26N6/c1-2-22-20(23-15-19-26-25-18-11-6-7-14-27(18)19)24-16-21(12-8-13-21)17-9-4-3-5-10-17/h3-7,9-11,14H,2,8,12-13,15-16H2,1H3,(H2,22,23,24). The highest BCUT2D eigenvalue weighted by Gasteiger charge is 2.38. The van der Waals surface area contributed by atoms with Crippen LogP contribution in [0.4, 0.5) is 0 Å². The Morgan fingerprint density at radius 2 is 1.89 bits per heavy atom. The van der Waals surface area contributed by atoms with Crippen LogP contribution in [0.15, 0.2) is 59.7 Å². The van der Waals surface area contributed by atoms with E-state index < -0.39 is 0 Å². The normalized spacial score (nSPS) is 16.1. The van der Waals surface area contributed by atoms with E-state index in [1.165, 1.54) is 24.8 Å². The Balaban J connectivity index is 1.47. The first-order valence-corrected chi connectivity index (χ1v) is 9.67. The van der Waals surface area contributed by atoms with E-state index in [-0.39, 0.29) is 5.41 Å². The van der Waals surface area contributed by atoms with E-state index in [1.807, 2.05) is 28.8 Å². The molecule has 1 saturated carbocycles. The summed E-state index contributed by atoms with van der Waals surface area (Å²) in [7, 11) is 0. The number of rotatable bonds is 6. The molecule has 6 nitrogen and oxygen atoms in total. The van der Waals surface area contributed by atoms with E-state index in [0.29, 0.717) is 6.54 Å². The number of hydrogen-bond acceptors (Lipinski definition) is 3. The van der Waals surface area contributed by atoms with Crippen LogP contribution in [-0.2, 0) is 12.0 Å². The monoisotopic (exact) mass is 362 g/mol. The van der Waals surface area contributed by atoms with E-state index in [0.717, 1.165) is 30.5 Å². The minimum atomic E-state index is 0.221. The van der Waals surface area contributed by atoms with Crippen LogP contribution in [0.2, 0.25) is 0 Å². The summed E-state index contributed by atoms with van der Waals surface area (Å²) in [6.45, 7) is 4.28. The first kappa shape index (κ1) is 17.5. The smallest absolute Gasteiger partial charge is 0.191 e. The average Bonchev–Trinajstić information content (AvgIpc) is 3.09. The second-order valence-electron chi connectivity index (χ2n) is 7.09. The van der Waals surface area contributed by atoms with E-state index in [2.05, 4.69) is 58.1 Å². The highest BCUT2D eigenvalue weighted by Crippen LogP contribution is 2.43. The molecule has 0 spiro atoms. The van der Waals surface area contributed by atoms with E-state index in [4.69, 9.17) is 4.99 Å². The van der Waals surface area contributed by atoms with Gasteiger partial charge in [0.2, 0.25) is 0 Å². The van der Waals surface area contributed by atoms with Crippen LogP contribution >= 0.6 is 0 Å². The van der Waals surface area contributed by atoms with Gasteiger partial charge in [-0.2, -0.15) is 0 Å². The summed E-state index contributed by atoms with van der Waals surface area (Å²) < 4.78 is 1.98. The van der Waals surface area contributed by atoms with Crippen LogP contribution in [0.1, 0.15) is 37.6 Å². The molecule has 2 heterocycles. The maximum absolute atomic E-state index is 4.73. The predicted molar refractivity (Wildman–Crippen MR) is 108 cm³/mol. The number of nitrogens with zero attached hydrogens (tertiary/aromatic N) is 4. The number of pyridine rings is 1. The molecule has 0 bridgehead atoms. The highest BCUT2D eigenvalue weighted by atomic mass is 15.3. The third-order valence-corrected chi connectivity index (χ3v) is 5.40. The van der Waals surface area contributed by atoms with Crippen molar-refractivity contribution in [2.45, 2.75) is 38.1 Å². The van der Waals surface area contributed by atoms with E-state index in [1.54, 1.807) is 0 Å². The second-order valence-corrected chi connectivity index (χ2v) is 7.09. The molecule has 0 aliphatic heterocycles. The lowest BCUT2D eigenvalue weighted by Gasteiger charge is -2.43. The molecule has 0 radical (unpaired) electrons. The van der Waals surface area contributed by atoms with Crippen molar-refractivity contribution in [2.75, 3.05) is 13.1 Å². The molecule has 1 fully saturated rings. The number of aromatic nitrogens is 3. The summed E-state index contributed by atoms with van der Waals surface area (Å²) in [5.41, 5.74) is 2.49. The largest absolute Gasteiger partial charge is 0.357 e. The van der Waals surface area contributed by atoms with E-state index >= 15 is 0 Å². The van der Waals surface area contributed by atoms with Gasteiger partial charge in [-0.25, -0.2) is 4.99 Å². The first-order valence-electron chi connectivity index (χ1n) is 9.67. The van der Waals surface area contributed by atoms with Crippen molar-refractivity contribution < 1.29 is 0 Å². The molecule has 6 heteroatoms. The Bertz CT molecular complexity index is 911. The molecule has 2 aromatic heterocycles. The summed E-state index contributed by atoms with van der Waals surface area (Å²) in [6.07, 6.45) is 5.70. The summed E-state index contributed by atoms with van der Waals surface area (Å²) in [4.78, 5) is 4.73. The number of benzene rings is 1. The van der Waals surface area contributed by atoms with Gasteiger partial charge in [-0.15, -0.1) is 10.2 Å². The van der Waals surface area contributed by atoms with Crippen molar-refractivity contribution in [3.63, 3.8) is 0 Å². The third kappa shape index (κ3) is 3.65. The van der Waals surface area contributed by atoms with Crippen molar-refractivity contribution in [2.24, 2.45) is 4.99 Å². The van der Waals surface area contributed by atoms with Gasteiger partial charge in [-0.1, -0.05) is 42.8 Å². The van der Waals surface area contributed by atoms with Crippen molar-refractivity contribution in [3.8, 4) is 0 Å². The average molecular weight is 362 g/mol. The summed E-state index contributed by atoms with van der Waals surface area (Å²) >= 11 is 0. The van der Waals surface area contributed by atoms with Crippen LogP contribution in [0.25, 0.3) is 5.65 Å². The predicted octanol–water partition coefficient (Wildman–Crippen LogP) is 2.91. The van der Waals surface area contributed by atoms with Gasteiger partial charge in [0, 0.05) is 24.7 Å². The second kappa shape index (κ2) is 7.78. The van der Waals surface area contributed by atoms with Gasteiger partial charge in [0.15, 0.2) is 17.4 Å². The molecule has 0 amide bonds. The Morgan fingerprint density at radius 3 is 2.63 bits per heavy atom. The van der Waals surface area contributed by atoms with Crippen LogP contribution in [0.5, 0.6) is 0 Å². The number of fused-ring (bicyclic) bond motifs is 1. The fourth-order valence-corrected chi connectivity index (χ4v) is 3.71. The molecular formula is C21H26N6. The van der Waals surface area contributed by atoms with Crippen LogP contribution < -0.4 is 10.6 Å². The molecule has 4 rings (SSSR count). The minimum absolute atomic E-state index is 0.221. The maximum Gasteiger partial charge on any atom is 0.191 e. The zero-order valence-corrected chi connectivity index (χ0v) is 15.7. The molecule has 3 aromatic rings. The van der Waals surface area contributed by atoms with Crippen molar-refractivity contribution in [1.29, 1.82) is 0 Å². The molecule has 0 saturated heterocycles. The van der Waals surface area contributed by atoms with Crippen molar-refractivity contribution in [3.05, 3.63) is 66.1 Å². The lowest BCUT2D eigenvalue weighted by molar-refractivity contribution is 0.244. The molecule has 1 aliphatic carbocycles. The fraction of sp³-hybridized carbons (Fsp3) is 0.381. The fourth-order valence-electron chi connectivity index (χ4n) is 3.71. The number of aliphatic imine (C=N–C) groups is 1. The molecule has 27 heavy (non-hydrogen) atoms. The third-order valence-electron chi connectivity index (χ3n) is 5.40. The zero-order chi connectivity index (χ0) is 18.5. The highest BCUT2D eigenvalue weighted by molar-refractivity contribution is 5.79. The molecule has 2 N–H and O–H groups in total. The SMILES string of the molecule is CCNC(=NCc1nnc2ccccn12)NCC1(c2ccccc2)CCC1. The topological polar surface area (TPSA) is 66.6 Å². The van der Waals surface area contributed by atoms with Crippen molar-refractivity contribution >= 4 is 11.6 Å². The summed E-state index contributed by atoms with van der Waals surface area (Å²) in [5, 5.41) is 15.4. The molecule has 1 aliphatic rings. The van der Waals surface area contributed by atoms with E-state index in [9.17, 15) is 0 Å². The minimum Gasteiger partial charge on any atom is -0.357 e. The Labute approximate surface area is 159 Å². The van der Waals surface area contributed by atoms with Gasteiger partial charge in [0.25, 0.3) is 0 Å². The van der Waals surface area contributed by atoms with Crippen LogP contribution in [-0.4, -0.2) is 33.6 Å². The Morgan fingerprint density at radius 1 is 1.07 bits per heavy atom. The lowest BCUT2D eigenvalue weighted by Crippen LogP contribution is -2.48. The number of nitrogens with one attached hydrogen (secondary N) is 2. The molecular weight excluding hydrogens is 336 g/mol. The Kier molecular flexibility index (Phi) is 5.05. The van der Waals surface area contributed by atoms with Gasteiger partial charge in [0.05, 0.1) is 0 Å². The van der Waals surface area contributed by atoms with Crippen LogP contribution in [0.3, 0.4) is 0 Å². The van der Waals surface area contributed by atoms with Crippen LogP contribution in [0, 0.1) is 0 Å². The Hall–Kier alpha value is -2.89. The van der Waals surface area contributed by atoms with Gasteiger partial charge in [-0.05, 0) is 37.5 Å². The first-order chi connectivity index (χ1) is 13.3. The molecule has 1 aromatic carbocycles. The van der Waals surface area contributed by atoms with Gasteiger partial charge in [-0.3, -0.25) is 4.40 Å². The lowest BCUT2D eigenvalue weighted by atomic mass is 9.64. The number of guanidine groups is 1. The molecule has 140 valence electrons. The van der Waals surface area contributed by atoms with Gasteiger partial charge >= 0.3 is 0 Å².